The smallest absolute Gasteiger partial charge is 0.238 e. The quantitative estimate of drug-likeness (QED) is 0.179. The predicted molar refractivity (Wildman–Crippen MR) is 202 cm³/mol. The van der Waals surface area contributed by atoms with Gasteiger partial charge in [0.25, 0.3) is 0 Å². The van der Waals surface area contributed by atoms with Crippen LogP contribution in [0.1, 0.15) is 0 Å². The van der Waals surface area contributed by atoms with Gasteiger partial charge in [-0.1, -0.05) is 146 Å². The summed E-state index contributed by atoms with van der Waals surface area (Å²) in [5.74, 6) is 1.85. The summed E-state index contributed by atoms with van der Waals surface area (Å²) in [5.41, 5.74) is 8.55. The fourth-order valence-electron chi connectivity index (χ4n) is 7.39. The van der Waals surface area contributed by atoms with Crippen LogP contribution in [0.2, 0.25) is 0 Å². The average molecular weight is 625 g/mol. The van der Waals surface area contributed by atoms with Gasteiger partial charge < -0.3 is 0 Å². The topological polar surface area (TPSA) is 43.6 Å². The zero-order valence-corrected chi connectivity index (χ0v) is 26.5. The molecular formula is C45H28N4. The normalized spacial score (nSPS) is 11.7. The van der Waals surface area contributed by atoms with Crippen LogP contribution >= 0.6 is 0 Å². The van der Waals surface area contributed by atoms with Crippen molar-refractivity contribution < 1.29 is 0 Å². The first kappa shape index (κ1) is 27.5. The molecule has 0 saturated carbocycles. The van der Waals surface area contributed by atoms with E-state index in [0.29, 0.717) is 17.6 Å². The SMILES string of the molecule is c1ccc(-c2cccc(-c3nc(-c4cccc(-c5ccccc5)c4)nc(-n4c5cccc6c7ccccc7c7cccc4c7c65)n3)c2)cc1. The molecule has 2 heterocycles. The molecule has 0 radical (unpaired) electrons. The summed E-state index contributed by atoms with van der Waals surface area (Å²) in [6.07, 6.45) is 0. The molecule has 0 aliphatic rings. The Morgan fingerprint density at radius 3 is 1.18 bits per heavy atom. The van der Waals surface area contributed by atoms with Crippen LogP contribution in [0.4, 0.5) is 0 Å². The van der Waals surface area contributed by atoms with E-state index in [2.05, 4.69) is 162 Å². The van der Waals surface area contributed by atoms with E-state index < -0.39 is 0 Å². The van der Waals surface area contributed by atoms with Crippen molar-refractivity contribution >= 4 is 43.4 Å². The first-order chi connectivity index (χ1) is 24.3. The molecular weight excluding hydrogens is 597 g/mol. The fraction of sp³-hybridized carbons (Fsp3) is 0. The van der Waals surface area contributed by atoms with Gasteiger partial charge in [-0.05, 0) is 68.1 Å². The monoisotopic (exact) mass is 624 g/mol. The molecule has 49 heavy (non-hydrogen) atoms. The Morgan fingerprint density at radius 1 is 0.306 bits per heavy atom. The lowest BCUT2D eigenvalue weighted by Crippen LogP contribution is -2.06. The molecule has 0 N–H and O–H groups in total. The second-order valence-electron chi connectivity index (χ2n) is 12.5. The van der Waals surface area contributed by atoms with Gasteiger partial charge in [-0.15, -0.1) is 0 Å². The van der Waals surface area contributed by atoms with Gasteiger partial charge in [0.15, 0.2) is 11.6 Å². The van der Waals surface area contributed by atoms with Gasteiger partial charge >= 0.3 is 0 Å². The molecule has 0 bridgehead atoms. The van der Waals surface area contributed by atoms with Crippen molar-refractivity contribution in [3.8, 4) is 51.0 Å². The highest BCUT2D eigenvalue weighted by molar-refractivity contribution is 6.34. The molecule has 228 valence electrons. The highest BCUT2D eigenvalue weighted by Gasteiger charge is 2.22. The molecule has 4 heteroatoms. The number of nitrogens with zero attached hydrogens (tertiary/aromatic N) is 4. The van der Waals surface area contributed by atoms with E-state index in [1.165, 1.54) is 32.3 Å². The third kappa shape index (κ3) is 4.42. The van der Waals surface area contributed by atoms with Crippen molar-refractivity contribution in [2.75, 3.05) is 0 Å². The van der Waals surface area contributed by atoms with Gasteiger partial charge in [-0.2, -0.15) is 9.97 Å². The van der Waals surface area contributed by atoms with Crippen LogP contribution in [0, 0.1) is 0 Å². The first-order valence-electron chi connectivity index (χ1n) is 16.5. The van der Waals surface area contributed by atoms with Crippen LogP contribution < -0.4 is 0 Å². The maximum absolute atomic E-state index is 5.26. The van der Waals surface area contributed by atoms with Crippen molar-refractivity contribution in [3.05, 3.63) is 170 Å². The van der Waals surface area contributed by atoms with Crippen LogP contribution in [0.3, 0.4) is 0 Å². The largest absolute Gasteiger partial charge is 0.278 e. The minimum Gasteiger partial charge on any atom is -0.278 e. The van der Waals surface area contributed by atoms with Crippen LogP contribution in [0.25, 0.3) is 94.3 Å². The summed E-state index contributed by atoms with van der Waals surface area (Å²) >= 11 is 0. The molecule has 0 fully saturated rings. The summed E-state index contributed by atoms with van der Waals surface area (Å²) in [4.78, 5) is 15.7. The number of benzene rings is 8. The Balaban J connectivity index is 1.26. The van der Waals surface area contributed by atoms with Gasteiger partial charge in [-0.25, -0.2) is 4.98 Å². The molecule has 0 aliphatic heterocycles. The predicted octanol–water partition coefficient (Wildman–Crippen LogP) is 11.4. The standard InChI is InChI=1S/C45H28N4/c1-3-13-29(14-4-1)31-17-9-19-33(27-31)43-46-44(34-20-10-18-32(28-34)30-15-5-2-6-16-30)48-45(47-43)49-39-25-11-23-37-35-21-7-8-22-36(35)38-24-12-26-40(49)42(38)41(37)39/h1-28H. The molecule has 4 nitrogen and oxygen atoms in total. The van der Waals surface area contributed by atoms with Gasteiger partial charge in [0.05, 0.1) is 11.0 Å². The van der Waals surface area contributed by atoms with Gasteiger partial charge in [-0.3, -0.25) is 4.57 Å². The zero-order valence-electron chi connectivity index (χ0n) is 26.5. The summed E-state index contributed by atoms with van der Waals surface area (Å²) < 4.78 is 2.22. The third-order valence-corrected chi connectivity index (χ3v) is 9.60. The first-order valence-corrected chi connectivity index (χ1v) is 16.5. The number of fused-ring (bicyclic) bond motifs is 3. The van der Waals surface area contributed by atoms with E-state index >= 15 is 0 Å². The molecule has 8 aromatic carbocycles. The van der Waals surface area contributed by atoms with Crippen LogP contribution in [0.15, 0.2) is 170 Å². The van der Waals surface area contributed by atoms with Crippen molar-refractivity contribution in [1.82, 2.24) is 19.5 Å². The van der Waals surface area contributed by atoms with Crippen molar-refractivity contribution in [2.45, 2.75) is 0 Å². The zero-order chi connectivity index (χ0) is 32.3. The van der Waals surface area contributed by atoms with Crippen LogP contribution in [0.5, 0.6) is 0 Å². The van der Waals surface area contributed by atoms with Gasteiger partial charge in [0, 0.05) is 21.9 Å². The molecule has 0 atom stereocenters. The second kappa shape index (κ2) is 11.0. The van der Waals surface area contributed by atoms with Crippen molar-refractivity contribution in [3.63, 3.8) is 0 Å². The Hall–Kier alpha value is -6.65. The maximum Gasteiger partial charge on any atom is 0.238 e. The number of rotatable bonds is 5. The summed E-state index contributed by atoms with van der Waals surface area (Å²) in [6, 6.07) is 59.6. The fourth-order valence-corrected chi connectivity index (χ4v) is 7.39. The van der Waals surface area contributed by atoms with Crippen LogP contribution in [-0.4, -0.2) is 19.5 Å². The van der Waals surface area contributed by atoms with Gasteiger partial charge in [0.1, 0.15) is 0 Å². The second-order valence-corrected chi connectivity index (χ2v) is 12.5. The lowest BCUT2D eigenvalue weighted by Gasteiger charge is -2.12. The summed E-state index contributed by atoms with van der Waals surface area (Å²) in [5, 5.41) is 7.42. The molecule has 10 aromatic rings. The number of hydrogen-bond acceptors (Lipinski definition) is 3. The van der Waals surface area contributed by atoms with E-state index in [0.717, 1.165) is 44.4 Å². The summed E-state index contributed by atoms with van der Waals surface area (Å²) in [6.45, 7) is 0. The average Bonchev–Trinajstić information content (AvgIpc) is 3.53. The molecule has 0 unspecified atom stereocenters. The summed E-state index contributed by atoms with van der Waals surface area (Å²) in [7, 11) is 0. The third-order valence-electron chi connectivity index (χ3n) is 9.60. The molecule has 0 amide bonds. The lowest BCUT2D eigenvalue weighted by molar-refractivity contribution is 0.954. The lowest BCUT2D eigenvalue weighted by atomic mass is 9.95. The van der Waals surface area contributed by atoms with E-state index in [9.17, 15) is 0 Å². The highest BCUT2D eigenvalue weighted by Crippen LogP contribution is 2.43. The van der Waals surface area contributed by atoms with Crippen molar-refractivity contribution in [2.24, 2.45) is 0 Å². The minimum atomic E-state index is 0.593. The Morgan fingerprint density at radius 2 is 0.694 bits per heavy atom. The minimum absolute atomic E-state index is 0.593. The molecule has 0 saturated heterocycles. The number of hydrogen-bond donors (Lipinski definition) is 0. The molecule has 0 aliphatic carbocycles. The Bertz CT molecular complexity index is 2630. The van der Waals surface area contributed by atoms with E-state index in [1.807, 2.05) is 12.1 Å². The molecule has 10 rings (SSSR count). The molecule has 0 spiro atoms. The van der Waals surface area contributed by atoms with E-state index in [1.54, 1.807) is 0 Å². The highest BCUT2D eigenvalue weighted by atomic mass is 15.2. The molecule has 2 aromatic heterocycles. The van der Waals surface area contributed by atoms with Crippen molar-refractivity contribution in [1.29, 1.82) is 0 Å². The Labute approximate surface area is 283 Å². The van der Waals surface area contributed by atoms with Crippen LogP contribution in [-0.2, 0) is 0 Å². The van der Waals surface area contributed by atoms with Gasteiger partial charge in [0.2, 0.25) is 5.95 Å². The van der Waals surface area contributed by atoms with E-state index in [-0.39, 0.29) is 0 Å². The van der Waals surface area contributed by atoms with E-state index in [4.69, 9.17) is 15.0 Å². The number of aromatic nitrogens is 4. The maximum atomic E-state index is 5.26. The Kier molecular flexibility index (Phi) is 6.15.